The third-order valence-corrected chi connectivity index (χ3v) is 2.81. The van der Waals surface area contributed by atoms with Crippen LogP contribution in [-0.2, 0) is 19.2 Å². The fourth-order valence-corrected chi connectivity index (χ4v) is 1.66. The molecule has 6 N–H and O–H groups in total. The molecule has 9 nitrogen and oxygen atoms in total. The van der Waals surface area contributed by atoms with Crippen molar-refractivity contribution >= 4 is 23.8 Å². The van der Waals surface area contributed by atoms with E-state index in [1.807, 2.05) is 13.8 Å². The topological polar surface area (TPSA) is 159 Å². The van der Waals surface area contributed by atoms with Gasteiger partial charge in [-0.05, 0) is 19.3 Å². The van der Waals surface area contributed by atoms with Crippen LogP contribution >= 0.6 is 0 Å². The number of carbonyl (C=O) groups is 4. The van der Waals surface area contributed by atoms with E-state index < -0.39 is 48.3 Å². The highest BCUT2D eigenvalue weighted by Crippen LogP contribution is 2.05. The van der Waals surface area contributed by atoms with Crippen LogP contribution in [0.3, 0.4) is 0 Å². The Morgan fingerprint density at radius 1 is 1.00 bits per heavy atom. The lowest BCUT2D eigenvalue weighted by atomic mass is 10.0. The van der Waals surface area contributed by atoms with E-state index in [1.165, 1.54) is 6.92 Å². The van der Waals surface area contributed by atoms with E-state index in [9.17, 15) is 19.2 Å². The van der Waals surface area contributed by atoms with Crippen LogP contribution in [0.2, 0.25) is 0 Å². The van der Waals surface area contributed by atoms with Crippen molar-refractivity contribution < 1.29 is 29.4 Å². The molecule has 22 heavy (non-hydrogen) atoms. The van der Waals surface area contributed by atoms with Gasteiger partial charge in [0.2, 0.25) is 11.8 Å². The molecule has 0 aromatic rings. The van der Waals surface area contributed by atoms with Crippen molar-refractivity contribution in [3.63, 3.8) is 0 Å². The van der Waals surface area contributed by atoms with Crippen LogP contribution < -0.4 is 16.4 Å². The van der Waals surface area contributed by atoms with Crippen LogP contribution in [0, 0.1) is 5.92 Å². The third kappa shape index (κ3) is 7.58. The predicted molar refractivity (Wildman–Crippen MR) is 76.9 cm³/mol. The Labute approximate surface area is 128 Å². The van der Waals surface area contributed by atoms with E-state index in [0.29, 0.717) is 0 Å². The first kappa shape index (κ1) is 19.8. The van der Waals surface area contributed by atoms with Gasteiger partial charge in [-0.25, -0.2) is 4.79 Å². The van der Waals surface area contributed by atoms with Gasteiger partial charge >= 0.3 is 11.9 Å². The van der Waals surface area contributed by atoms with Gasteiger partial charge in [0.05, 0.1) is 12.5 Å². The van der Waals surface area contributed by atoms with Gasteiger partial charge in [0.1, 0.15) is 12.1 Å². The molecule has 0 fully saturated rings. The first-order valence-electron chi connectivity index (χ1n) is 6.85. The molecule has 0 rings (SSSR count). The number of amides is 2. The molecule has 0 bridgehead atoms. The lowest BCUT2D eigenvalue weighted by Crippen LogP contribution is -2.53. The second-order valence-electron chi connectivity index (χ2n) is 5.46. The van der Waals surface area contributed by atoms with Gasteiger partial charge in [-0.3, -0.25) is 14.4 Å². The van der Waals surface area contributed by atoms with Crippen LogP contribution in [0.4, 0.5) is 0 Å². The zero-order valence-electron chi connectivity index (χ0n) is 12.8. The Bertz CT molecular complexity index is 437. The molecule has 0 aromatic carbocycles. The first-order chi connectivity index (χ1) is 10.0. The van der Waals surface area contributed by atoms with Gasteiger partial charge in [-0.2, -0.15) is 0 Å². The molecule has 0 saturated carbocycles. The summed E-state index contributed by atoms with van der Waals surface area (Å²) < 4.78 is 0. The molecule has 0 saturated heterocycles. The van der Waals surface area contributed by atoms with Crippen LogP contribution in [-0.4, -0.2) is 52.1 Å². The Morgan fingerprint density at radius 2 is 1.55 bits per heavy atom. The minimum absolute atomic E-state index is 0.0651. The minimum atomic E-state index is -1.28. The summed E-state index contributed by atoms with van der Waals surface area (Å²) in [7, 11) is 0. The zero-order chi connectivity index (χ0) is 17.4. The Morgan fingerprint density at radius 3 is 1.95 bits per heavy atom. The maximum atomic E-state index is 11.9. The van der Waals surface area contributed by atoms with Gasteiger partial charge in [-0.1, -0.05) is 13.8 Å². The monoisotopic (exact) mass is 317 g/mol. The van der Waals surface area contributed by atoms with E-state index in [0.717, 1.165) is 0 Å². The number of carbonyl (C=O) groups excluding carboxylic acids is 2. The van der Waals surface area contributed by atoms with E-state index in [4.69, 9.17) is 15.9 Å². The largest absolute Gasteiger partial charge is 0.481 e. The summed E-state index contributed by atoms with van der Waals surface area (Å²) >= 11 is 0. The van der Waals surface area contributed by atoms with Gasteiger partial charge in [0.15, 0.2) is 0 Å². The second kappa shape index (κ2) is 8.98. The van der Waals surface area contributed by atoms with Crippen molar-refractivity contribution in [2.24, 2.45) is 11.7 Å². The average molecular weight is 317 g/mol. The molecule has 0 heterocycles. The number of carboxylic acids is 2. The summed E-state index contributed by atoms with van der Waals surface area (Å²) in [5, 5.41) is 22.1. The van der Waals surface area contributed by atoms with Crippen molar-refractivity contribution in [3.8, 4) is 0 Å². The van der Waals surface area contributed by atoms with Gasteiger partial charge < -0.3 is 26.6 Å². The molecule has 0 aliphatic carbocycles. The Kier molecular flexibility index (Phi) is 8.10. The number of nitrogens with one attached hydrogen (secondary N) is 2. The summed E-state index contributed by atoms with van der Waals surface area (Å²) in [4.78, 5) is 45.0. The number of carboxylic acid groups (broad SMARTS) is 2. The summed E-state index contributed by atoms with van der Waals surface area (Å²) in [6.45, 7) is 4.99. The van der Waals surface area contributed by atoms with Crippen LogP contribution in [0.25, 0.3) is 0 Å². The second-order valence-corrected chi connectivity index (χ2v) is 5.46. The Balaban J connectivity index is 4.55. The number of aliphatic carboxylic acids is 2. The zero-order valence-corrected chi connectivity index (χ0v) is 12.8. The standard InChI is InChI=1S/C13H23N3O6/c1-6(2)4-9(13(21)22)16-11(19)7(3)15-12(20)8(14)5-10(17)18/h6-9H,4-5,14H2,1-3H3,(H,15,20)(H,16,19)(H,17,18)(H,21,22)/t7-,8-,9-/m0/s1. The van der Waals surface area contributed by atoms with E-state index >= 15 is 0 Å². The quantitative estimate of drug-likeness (QED) is 0.361. The fourth-order valence-electron chi connectivity index (χ4n) is 1.66. The van der Waals surface area contributed by atoms with Crippen LogP contribution in [0.5, 0.6) is 0 Å². The predicted octanol–water partition coefficient (Wildman–Crippen LogP) is -1.09. The maximum Gasteiger partial charge on any atom is 0.326 e. The average Bonchev–Trinajstić information content (AvgIpc) is 2.35. The molecule has 9 heteroatoms. The van der Waals surface area contributed by atoms with E-state index in [-0.39, 0.29) is 12.3 Å². The molecule has 0 spiro atoms. The lowest BCUT2D eigenvalue weighted by molar-refractivity contribution is -0.143. The molecule has 126 valence electrons. The molecule has 2 amide bonds. The molecule has 0 aliphatic rings. The van der Waals surface area contributed by atoms with E-state index in [2.05, 4.69) is 10.6 Å². The van der Waals surface area contributed by atoms with Crippen molar-refractivity contribution in [3.05, 3.63) is 0 Å². The lowest BCUT2D eigenvalue weighted by Gasteiger charge is -2.20. The van der Waals surface area contributed by atoms with Gasteiger partial charge in [0, 0.05) is 0 Å². The van der Waals surface area contributed by atoms with Crippen molar-refractivity contribution in [2.45, 2.75) is 51.7 Å². The van der Waals surface area contributed by atoms with Gasteiger partial charge in [0.25, 0.3) is 0 Å². The molecular weight excluding hydrogens is 294 g/mol. The SMILES string of the molecule is CC(C)C[C@H](NC(=O)[C@H](C)NC(=O)[C@@H](N)CC(=O)O)C(=O)O. The Hall–Kier alpha value is -2.16. The summed E-state index contributed by atoms with van der Waals surface area (Å²) in [5.74, 6) is -3.80. The maximum absolute atomic E-state index is 11.9. The number of hydrogen-bond donors (Lipinski definition) is 5. The van der Waals surface area contributed by atoms with Crippen LogP contribution in [0.15, 0.2) is 0 Å². The fraction of sp³-hybridized carbons (Fsp3) is 0.692. The normalized spacial score (nSPS) is 14.8. The van der Waals surface area contributed by atoms with Crippen molar-refractivity contribution in [2.75, 3.05) is 0 Å². The highest BCUT2D eigenvalue weighted by molar-refractivity contribution is 5.92. The van der Waals surface area contributed by atoms with Crippen molar-refractivity contribution in [1.29, 1.82) is 0 Å². The van der Waals surface area contributed by atoms with E-state index in [1.54, 1.807) is 0 Å². The smallest absolute Gasteiger partial charge is 0.326 e. The summed E-state index contributed by atoms with van der Waals surface area (Å²) in [5.41, 5.74) is 5.36. The van der Waals surface area contributed by atoms with Gasteiger partial charge in [-0.15, -0.1) is 0 Å². The summed E-state index contributed by atoms with van der Waals surface area (Å²) in [6, 6.07) is -3.36. The molecule has 0 aromatic heterocycles. The molecule has 3 atom stereocenters. The highest BCUT2D eigenvalue weighted by Gasteiger charge is 2.26. The van der Waals surface area contributed by atoms with Crippen molar-refractivity contribution in [1.82, 2.24) is 10.6 Å². The molecule has 0 aliphatic heterocycles. The highest BCUT2D eigenvalue weighted by atomic mass is 16.4. The molecule has 0 radical (unpaired) electrons. The van der Waals surface area contributed by atoms with Crippen LogP contribution in [0.1, 0.15) is 33.6 Å². The number of nitrogens with two attached hydrogens (primary N) is 1. The number of rotatable bonds is 9. The minimum Gasteiger partial charge on any atom is -0.481 e. The summed E-state index contributed by atoms with van der Waals surface area (Å²) in [6.07, 6.45) is -0.314. The first-order valence-corrected chi connectivity index (χ1v) is 6.85. The molecular formula is C13H23N3O6. The third-order valence-electron chi connectivity index (χ3n) is 2.81. The number of hydrogen-bond acceptors (Lipinski definition) is 5. The molecule has 0 unspecified atom stereocenters.